The lowest BCUT2D eigenvalue weighted by atomic mass is 10.0. The SMILES string of the molecule is CC(C)c1ccc(C(=O)NNC(=O)CN2CCCCCC2=O)cc1. The summed E-state index contributed by atoms with van der Waals surface area (Å²) < 4.78 is 0. The van der Waals surface area contributed by atoms with E-state index in [0.717, 1.165) is 24.8 Å². The topological polar surface area (TPSA) is 78.5 Å². The van der Waals surface area contributed by atoms with E-state index in [1.807, 2.05) is 12.1 Å². The molecule has 1 aromatic rings. The van der Waals surface area contributed by atoms with Crippen LogP contribution in [-0.4, -0.2) is 35.7 Å². The molecule has 1 fully saturated rings. The van der Waals surface area contributed by atoms with Crippen molar-refractivity contribution in [3.63, 3.8) is 0 Å². The number of likely N-dealkylation sites (tertiary alicyclic amines) is 1. The van der Waals surface area contributed by atoms with E-state index in [0.29, 0.717) is 24.4 Å². The van der Waals surface area contributed by atoms with Gasteiger partial charge in [-0.05, 0) is 36.5 Å². The first-order chi connectivity index (χ1) is 11.5. The van der Waals surface area contributed by atoms with Gasteiger partial charge < -0.3 is 4.90 Å². The number of hydrogen-bond acceptors (Lipinski definition) is 3. The zero-order chi connectivity index (χ0) is 17.5. The lowest BCUT2D eigenvalue weighted by Gasteiger charge is -2.19. The molecule has 1 aliphatic heterocycles. The number of nitrogens with zero attached hydrogens (tertiary/aromatic N) is 1. The molecule has 0 unspecified atom stereocenters. The van der Waals surface area contributed by atoms with Crippen molar-refractivity contribution < 1.29 is 14.4 Å². The van der Waals surface area contributed by atoms with E-state index < -0.39 is 5.91 Å². The molecule has 0 aliphatic carbocycles. The van der Waals surface area contributed by atoms with Gasteiger partial charge in [0.15, 0.2) is 0 Å². The Morgan fingerprint density at radius 3 is 2.46 bits per heavy atom. The summed E-state index contributed by atoms with van der Waals surface area (Å²) in [6.45, 7) is 4.74. The zero-order valence-corrected chi connectivity index (χ0v) is 14.3. The standard InChI is InChI=1S/C18H25N3O3/c1-13(2)14-7-9-15(10-8-14)18(24)20-19-16(22)12-21-11-5-3-4-6-17(21)23/h7-10,13H,3-6,11-12H2,1-2H3,(H,19,22)(H,20,24). The summed E-state index contributed by atoms with van der Waals surface area (Å²) in [7, 11) is 0. The summed E-state index contributed by atoms with van der Waals surface area (Å²) in [6, 6.07) is 7.26. The highest BCUT2D eigenvalue weighted by atomic mass is 16.2. The predicted molar refractivity (Wildman–Crippen MR) is 91.2 cm³/mol. The third kappa shape index (κ3) is 5.08. The fourth-order valence-corrected chi connectivity index (χ4v) is 2.64. The van der Waals surface area contributed by atoms with Crippen molar-refractivity contribution in [2.75, 3.05) is 13.1 Å². The Hall–Kier alpha value is -2.37. The van der Waals surface area contributed by atoms with Crippen LogP contribution < -0.4 is 10.9 Å². The van der Waals surface area contributed by atoms with Crippen molar-refractivity contribution in [2.45, 2.75) is 45.4 Å². The Labute approximate surface area is 142 Å². The van der Waals surface area contributed by atoms with Crippen LogP contribution in [0.15, 0.2) is 24.3 Å². The number of benzene rings is 1. The number of hydrazine groups is 1. The van der Waals surface area contributed by atoms with E-state index in [-0.39, 0.29) is 18.4 Å². The molecule has 2 rings (SSSR count). The summed E-state index contributed by atoms with van der Waals surface area (Å²) in [5.74, 6) is -0.371. The summed E-state index contributed by atoms with van der Waals surface area (Å²) in [5, 5.41) is 0. The molecule has 6 heteroatoms. The third-order valence-electron chi connectivity index (χ3n) is 4.16. The summed E-state index contributed by atoms with van der Waals surface area (Å²) in [6.07, 6.45) is 3.28. The molecule has 1 saturated heterocycles. The summed E-state index contributed by atoms with van der Waals surface area (Å²) >= 11 is 0. The largest absolute Gasteiger partial charge is 0.333 e. The molecule has 3 amide bonds. The lowest BCUT2D eigenvalue weighted by molar-refractivity contribution is -0.135. The minimum absolute atomic E-state index is 0.00162. The van der Waals surface area contributed by atoms with Crippen molar-refractivity contribution in [2.24, 2.45) is 0 Å². The van der Waals surface area contributed by atoms with Gasteiger partial charge in [-0.3, -0.25) is 25.2 Å². The van der Waals surface area contributed by atoms with Crippen LogP contribution in [0.3, 0.4) is 0 Å². The highest BCUT2D eigenvalue weighted by molar-refractivity contribution is 5.95. The van der Waals surface area contributed by atoms with Gasteiger partial charge in [0.1, 0.15) is 6.54 Å². The molecule has 0 radical (unpaired) electrons. The molecule has 2 N–H and O–H groups in total. The molecule has 1 aliphatic rings. The molecular weight excluding hydrogens is 306 g/mol. The molecule has 0 aromatic heterocycles. The molecule has 1 heterocycles. The second-order valence-corrected chi connectivity index (χ2v) is 6.40. The van der Waals surface area contributed by atoms with Crippen LogP contribution in [0.2, 0.25) is 0 Å². The van der Waals surface area contributed by atoms with Crippen LogP contribution in [0.5, 0.6) is 0 Å². The smallest absolute Gasteiger partial charge is 0.269 e. The van der Waals surface area contributed by atoms with E-state index in [9.17, 15) is 14.4 Å². The molecular formula is C18H25N3O3. The average molecular weight is 331 g/mol. The molecule has 6 nitrogen and oxygen atoms in total. The van der Waals surface area contributed by atoms with Gasteiger partial charge in [0.2, 0.25) is 5.91 Å². The van der Waals surface area contributed by atoms with Gasteiger partial charge in [-0.25, -0.2) is 0 Å². The maximum Gasteiger partial charge on any atom is 0.269 e. The van der Waals surface area contributed by atoms with Crippen LogP contribution >= 0.6 is 0 Å². The van der Waals surface area contributed by atoms with E-state index in [1.165, 1.54) is 0 Å². The Kier molecular flexibility index (Phi) is 6.35. The molecule has 0 saturated carbocycles. The Bertz CT molecular complexity index is 596. The van der Waals surface area contributed by atoms with Gasteiger partial charge in [0, 0.05) is 18.5 Å². The van der Waals surface area contributed by atoms with Crippen LogP contribution in [0.25, 0.3) is 0 Å². The van der Waals surface area contributed by atoms with Gasteiger partial charge in [-0.1, -0.05) is 32.4 Å². The van der Waals surface area contributed by atoms with Gasteiger partial charge in [0.25, 0.3) is 11.8 Å². The first kappa shape index (κ1) is 18.0. The Morgan fingerprint density at radius 2 is 1.79 bits per heavy atom. The van der Waals surface area contributed by atoms with Crippen molar-refractivity contribution in [3.8, 4) is 0 Å². The molecule has 0 bridgehead atoms. The van der Waals surface area contributed by atoms with E-state index in [4.69, 9.17) is 0 Å². The quantitative estimate of drug-likeness (QED) is 0.828. The second-order valence-electron chi connectivity index (χ2n) is 6.40. The first-order valence-corrected chi connectivity index (χ1v) is 8.44. The fraction of sp³-hybridized carbons (Fsp3) is 0.500. The van der Waals surface area contributed by atoms with E-state index in [2.05, 4.69) is 24.7 Å². The fourth-order valence-electron chi connectivity index (χ4n) is 2.64. The van der Waals surface area contributed by atoms with Crippen molar-refractivity contribution in [3.05, 3.63) is 35.4 Å². The zero-order valence-electron chi connectivity index (χ0n) is 14.3. The number of carbonyl (C=O) groups is 3. The van der Waals surface area contributed by atoms with Crippen LogP contribution in [0, 0.1) is 0 Å². The molecule has 24 heavy (non-hydrogen) atoms. The second kappa shape index (κ2) is 8.47. The van der Waals surface area contributed by atoms with E-state index in [1.54, 1.807) is 17.0 Å². The molecule has 0 spiro atoms. The maximum absolute atomic E-state index is 12.0. The van der Waals surface area contributed by atoms with Gasteiger partial charge in [-0.2, -0.15) is 0 Å². The summed E-state index contributed by atoms with van der Waals surface area (Å²) in [5.41, 5.74) is 6.39. The van der Waals surface area contributed by atoms with Crippen molar-refractivity contribution in [1.29, 1.82) is 0 Å². The van der Waals surface area contributed by atoms with E-state index >= 15 is 0 Å². The van der Waals surface area contributed by atoms with Crippen LogP contribution in [0.4, 0.5) is 0 Å². The monoisotopic (exact) mass is 331 g/mol. The van der Waals surface area contributed by atoms with Crippen LogP contribution in [0.1, 0.15) is 61.4 Å². The van der Waals surface area contributed by atoms with Gasteiger partial charge in [0.05, 0.1) is 0 Å². The highest BCUT2D eigenvalue weighted by Gasteiger charge is 2.19. The lowest BCUT2D eigenvalue weighted by Crippen LogP contribution is -2.47. The molecule has 0 atom stereocenters. The first-order valence-electron chi connectivity index (χ1n) is 8.44. The Balaban J connectivity index is 1.82. The predicted octanol–water partition coefficient (Wildman–Crippen LogP) is 1.97. The normalized spacial score (nSPS) is 15.1. The number of rotatable bonds is 4. The van der Waals surface area contributed by atoms with Crippen molar-refractivity contribution in [1.82, 2.24) is 15.8 Å². The maximum atomic E-state index is 12.0. The third-order valence-corrected chi connectivity index (χ3v) is 4.16. The number of hydrogen-bond donors (Lipinski definition) is 2. The Morgan fingerprint density at radius 1 is 1.08 bits per heavy atom. The summed E-state index contributed by atoms with van der Waals surface area (Å²) in [4.78, 5) is 37.4. The minimum atomic E-state index is -0.391. The number of amides is 3. The van der Waals surface area contributed by atoms with Gasteiger partial charge in [-0.15, -0.1) is 0 Å². The molecule has 1 aromatic carbocycles. The highest BCUT2D eigenvalue weighted by Crippen LogP contribution is 2.14. The minimum Gasteiger partial charge on any atom is -0.333 e. The average Bonchev–Trinajstić information content (AvgIpc) is 2.77. The number of carbonyl (C=O) groups excluding carboxylic acids is 3. The van der Waals surface area contributed by atoms with Crippen LogP contribution in [-0.2, 0) is 9.59 Å². The number of nitrogens with one attached hydrogen (secondary N) is 2. The van der Waals surface area contributed by atoms with Crippen molar-refractivity contribution >= 4 is 17.7 Å². The molecule has 130 valence electrons. The van der Waals surface area contributed by atoms with Gasteiger partial charge >= 0.3 is 0 Å².